The molecule has 1 amide bonds. The lowest BCUT2D eigenvalue weighted by molar-refractivity contribution is -0.188. The van der Waals surface area contributed by atoms with Crippen LogP contribution in [0.3, 0.4) is 0 Å². The van der Waals surface area contributed by atoms with E-state index >= 15 is 0 Å². The highest BCUT2D eigenvalue weighted by atomic mass is 35.5. The summed E-state index contributed by atoms with van der Waals surface area (Å²) in [7, 11) is 1.63. The largest absolute Gasteiger partial charge is 0.481 e. The number of alkyl halides is 3. The second-order valence-electron chi connectivity index (χ2n) is 6.00. The smallest absolute Gasteiger partial charge is 0.393 e. The van der Waals surface area contributed by atoms with Crippen molar-refractivity contribution in [2.24, 2.45) is 17.8 Å². The molecule has 2 fully saturated rings. The Labute approximate surface area is 132 Å². The van der Waals surface area contributed by atoms with E-state index in [1.165, 1.54) is 9.80 Å². The summed E-state index contributed by atoms with van der Waals surface area (Å²) < 4.78 is 38.5. The number of nitrogens with zero attached hydrogens (tertiary/aromatic N) is 2. The van der Waals surface area contributed by atoms with Crippen LogP contribution in [-0.2, 0) is 9.59 Å². The van der Waals surface area contributed by atoms with Gasteiger partial charge in [-0.1, -0.05) is 0 Å². The Balaban J connectivity index is 0.00000242. The van der Waals surface area contributed by atoms with Crippen LogP contribution in [0.1, 0.15) is 12.8 Å². The molecule has 9 heteroatoms. The van der Waals surface area contributed by atoms with Gasteiger partial charge in [0, 0.05) is 26.7 Å². The van der Waals surface area contributed by atoms with Gasteiger partial charge < -0.3 is 10.0 Å². The SMILES string of the molecule is CN(CC1CC1)C(=O)CN1C[C@@H](C(F)(F)F)[C@H](C(=O)O)C1.Cl. The first kappa shape index (κ1) is 19.0. The van der Waals surface area contributed by atoms with Crippen molar-refractivity contribution in [3.63, 3.8) is 0 Å². The quantitative estimate of drug-likeness (QED) is 0.820. The van der Waals surface area contributed by atoms with Gasteiger partial charge in [0.15, 0.2) is 0 Å². The van der Waals surface area contributed by atoms with Crippen LogP contribution in [0.5, 0.6) is 0 Å². The Morgan fingerprint density at radius 2 is 1.86 bits per heavy atom. The molecule has 0 spiro atoms. The summed E-state index contributed by atoms with van der Waals surface area (Å²) in [5, 5.41) is 8.91. The van der Waals surface area contributed by atoms with E-state index in [1.54, 1.807) is 7.05 Å². The molecule has 1 heterocycles. The Morgan fingerprint density at radius 3 is 2.27 bits per heavy atom. The minimum Gasteiger partial charge on any atom is -0.481 e. The molecule has 0 unspecified atom stereocenters. The second-order valence-corrected chi connectivity index (χ2v) is 6.00. The molecule has 1 aliphatic heterocycles. The van der Waals surface area contributed by atoms with Gasteiger partial charge in [-0.2, -0.15) is 13.2 Å². The molecule has 2 rings (SSSR count). The molecular formula is C13H20ClF3N2O3. The number of hydrogen-bond donors (Lipinski definition) is 1. The first-order chi connectivity index (χ1) is 9.68. The highest BCUT2D eigenvalue weighted by Gasteiger charge is 2.52. The van der Waals surface area contributed by atoms with E-state index < -0.39 is 30.5 Å². The van der Waals surface area contributed by atoms with Gasteiger partial charge in [-0.05, 0) is 18.8 Å². The van der Waals surface area contributed by atoms with Crippen molar-refractivity contribution >= 4 is 24.3 Å². The third-order valence-electron chi connectivity index (χ3n) is 4.15. The Kier molecular flexibility index (Phi) is 6.09. The second kappa shape index (κ2) is 7.04. The van der Waals surface area contributed by atoms with E-state index in [4.69, 9.17) is 5.11 Å². The molecule has 0 radical (unpaired) electrons. The molecule has 128 valence electrons. The van der Waals surface area contributed by atoms with Gasteiger partial charge in [0.25, 0.3) is 0 Å². The molecule has 2 aliphatic rings. The van der Waals surface area contributed by atoms with E-state index in [9.17, 15) is 22.8 Å². The van der Waals surface area contributed by atoms with Gasteiger partial charge in [-0.25, -0.2) is 0 Å². The minimum atomic E-state index is -4.55. The molecule has 0 aromatic heterocycles. The summed E-state index contributed by atoms with van der Waals surface area (Å²) in [6, 6.07) is 0. The molecule has 22 heavy (non-hydrogen) atoms. The number of amides is 1. The molecule has 2 atom stereocenters. The van der Waals surface area contributed by atoms with E-state index in [-0.39, 0.29) is 31.4 Å². The normalized spacial score (nSPS) is 25.6. The Bertz CT molecular complexity index is 429. The van der Waals surface area contributed by atoms with Gasteiger partial charge in [0.05, 0.1) is 18.4 Å². The lowest BCUT2D eigenvalue weighted by Gasteiger charge is -2.21. The highest BCUT2D eigenvalue weighted by Crippen LogP contribution is 2.37. The fourth-order valence-electron chi connectivity index (χ4n) is 2.70. The van der Waals surface area contributed by atoms with E-state index in [0.29, 0.717) is 12.5 Å². The van der Waals surface area contributed by atoms with Gasteiger partial charge in [-0.15, -0.1) is 12.4 Å². The van der Waals surface area contributed by atoms with Crippen molar-refractivity contribution < 1.29 is 27.9 Å². The molecule has 1 aliphatic carbocycles. The average molecular weight is 345 g/mol. The van der Waals surface area contributed by atoms with Gasteiger partial charge >= 0.3 is 12.1 Å². The maximum absolute atomic E-state index is 12.8. The first-order valence-corrected chi connectivity index (χ1v) is 6.94. The summed E-state index contributed by atoms with van der Waals surface area (Å²) in [4.78, 5) is 25.7. The number of halogens is 4. The van der Waals surface area contributed by atoms with Crippen LogP contribution < -0.4 is 0 Å². The number of carbonyl (C=O) groups is 2. The van der Waals surface area contributed by atoms with Crippen LogP contribution >= 0.6 is 12.4 Å². The number of aliphatic carboxylic acids is 1. The fraction of sp³-hybridized carbons (Fsp3) is 0.846. The average Bonchev–Trinajstić information content (AvgIpc) is 3.04. The first-order valence-electron chi connectivity index (χ1n) is 6.94. The maximum Gasteiger partial charge on any atom is 0.393 e. The van der Waals surface area contributed by atoms with Crippen molar-refractivity contribution in [1.29, 1.82) is 0 Å². The summed E-state index contributed by atoms with van der Waals surface area (Å²) in [5.41, 5.74) is 0. The number of likely N-dealkylation sites (N-methyl/N-ethyl adjacent to an activating group) is 1. The van der Waals surface area contributed by atoms with Crippen LogP contribution in [0.25, 0.3) is 0 Å². The Hall–Kier alpha value is -1.02. The van der Waals surface area contributed by atoms with Crippen molar-refractivity contribution in [2.45, 2.75) is 19.0 Å². The lowest BCUT2D eigenvalue weighted by Crippen LogP contribution is -2.39. The molecule has 1 saturated heterocycles. The summed E-state index contributed by atoms with van der Waals surface area (Å²) in [6.45, 7) is -0.191. The molecule has 0 bridgehead atoms. The van der Waals surface area contributed by atoms with Crippen molar-refractivity contribution in [3.8, 4) is 0 Å². The van der Waals surface area contributed by atoms with E-state index in [0.717, 1.165) is 12.8 Å². The summed E-state index contributed by atoms with van der Waals surface area (Å²) >= 11 is 0. The van der Waals surface area contributed by atoms with Gasteiger partial charge in [-0.3, -0.25) is 14.5 Å². The zero-order chi connectivity index (χ0) is 15.8. The van der Waals surface area contributed by atoms with E-state index in [2.05, 4.69) is 0 Å². The Morgan fingerprint density at radius 1 is 1.27 bits per heavy atom. The number of carboxylic acids is 1. The predicted octanol–water partition coefficient (Wildman–Crippen LogP) is 1.47. The molecule has 5 nitrogen and oxygen atoms in total. The van der Waals surface area contributed by atoms with Crippen molar-refractivity contribution in [2.75, 3.05) is 33.2 Å². The molecular weight excluding hydrogens is 325 g/mol. The molecule has 0 aromatic carbocycles. The van der Waals surface area contributed by atoms with Crippen LogP contribution in [0.15, 0.2) is 0 Å². The predicted molar refractivity (Wildman–Crippen MR) is 74.7 cm³/mol. The number of rotatable bonds is 5. The molecule has 0 aromatic rings. The zero-order valence-corrected chi connectivity index (χ0v) is 13.0. The number of carboxylic acid groups (broad SMARTS) is 1. The van der Waals surface area contributed by atoms with Gasteiger partial charge in [0.1, 0.15) is 0 Å². The number of hydrogen-bond acceptors (Lipinski definition) is 3. The summed E-state index contributed by atoms with van der Waals surface area (Å²) in [5.74, 6) is -4.61. The van der Waals surface area contributed by atoms with Gasteiger partial charge in [0.2, 0.25) is 5.91 Å². The minimum absolute atomic E-state index is 0. The molecule has 1 N–H and O–H groups in total. The molecule has 1 saturated carbocycles. The summed E-state index contributed by atoms with van der Waals surface area (Å²) in [6.07, 6.45) is -2.39. The fourth-order valence-corrected chi connectivity index (χ4v) is 2.70. The van der Waals surface area contributed by atoms with E-state index in [1.807, 2.05) is 0 Å². The topological polar surface area (TPSA) is 60.9 Å². The van der Waals surface area contributed by atoms with Crippen LogP contribution in [0, 0.1) is 17.8 Å². The van der Waals surface area contributed by atoms with Crippen LogP contribution in [-0.4, -0.2) is 66.2 Å². The maximum atomic E-state index is 12.8. The van der Waals surface area contributed by atoms with Crippen LogP contribution in [0.2, 0.25) is 0 Å². The van der Waals surface area contributed by atoms with Crippen molar-refractivity contribution in [1.82, 2.24) is 9.80 Å². The zero-order valence-electron chi connectivity index (χ0n) is 12.2. The van der Waals surface area contributed by atoms with Crippen molar-refractivity contribution in [3.05, 3.63) is 0 Å². The number of likely N-dealkylation sites (tertiary alicyclic amines) is 1. The monoisotopic (exact) mass is 344 g/mol. The number of carbonyl (C=O) groups excluding carboxylic acids is 1. The third-order valence-corrected chi connectivity index (χ3v) is 4.15. The van der Waals surface area contributed by atoms with Crippen LogP contribution in [0.4, 0.5) is 13.2 Å². The highest BCUT2D eigenvalue weighted by molar-refractivity contribution is 5.85. The standard InChI is InChI=1S/C13H19F3N2O3.ClH/c1-17(4-8-2-3-8)11(19)7-18-5-9(12(20)21)10(6-18)13(14,15)16;/h8-10H,2-7H2,1H3,(H,20,21);1H/t9-,10-;/m1./s1. The lowest BCUT2D eigenvalue weighted by atomic mass is 9.96. The third kappa shape index (κ3) is 4.74.